The molecule has 6 nitrogen and oxygen atoms in total. The third-order valence-electron chi connectivity index (χ3n) is 4.87. The maximum absolute atomic E-state index is 12.0. The second kappa shape index (κ2) is 12.8. The van der Waals surface area contributed by atoms with Crippen LogP contribution in [-0.2, 0) is 17.1 Å². The Morgan fingerprint density at radius 3 is 1.20 bits per heavy atom. The molecule has 4 aromatic rings. The molecule has 0 N–H and O–H groups in total. The quantitative estimate of drug-likeness (QED) is 0.213. The van der Waals surface area contributed by atoms with Gasteiger partial charge in [0.2, 0.25) is 0 Å². The van der Waals surface area contributed by atoms with Gasteiger partial charge in [-0.2, -0.15) is 10.2 Å². The normalized spacial score (nSPS) is 12.1. The van der Waals surface area contributed by atoms with Gasteiger partial charge >= 0.3 is 17.1 Å². The van der Waals surface area contributed by atoms with Crippen molar-refractivity contribution >= 4 is 23.9 Å². The number of hydrogen-bond acceptors (Lipinski definition) is 6. The van der Waals surface area contributed by atoms with Crippen LogP contribution in [0.3, 0.4) is 0 Å². The second-order valence-corrected chi connectivity index (χ2v) is 7.19. The summed E-state index contributed by atoms with van der Waals surface area (Å²) in [5, 5.41) is 41.3. The molecule has 175 valence electrons. The number of hydrogen-bond donors (Lipinski definition) is 0. The number of para-hydroxylation sites is 2. The summed E-state index contributed by atoms with van der Waals surface area (Å²) in [6.07, 6.45) is 2.84. The van der Waals surface area contributed by atoms with Gasteiger partial charge in [0.25, 0.3) is 0 Å². The first-order chi connectivity index (χ1) is 16.7. The smallest absolute Gasteiger partial charge is 0.872 e. The van der Waals surface area contributed by atoms with E-state index in [1.807, 2.05) is 60.7 Å². The molecule has 0 unspecified atom stereocenters. The standard InChI is InChI=1S/C28H22N4O2.Cu/c33-25-17-9-7-15-23(25)19-29-31-27(21-11-3-1-4-12-21)28(22-13-5-2-6-14-22)32-30-20-24-16-8-10-18-26(24)34;/h1-20,33-34H;/q;+2/p-2/b29-19+,30-20+,31-27-,32-28-;. The summed E-state index contributed by atoms with van der Waals surface area (Å²) in [5.74, 6) is -0.277. The average molecular weight is 508 g/mol. The van der Waals surface area contributed by atoms with Crippen LogP contribution >= 0.6 is 0 Å². The molecule has 0 aliphatic carbocycles. The molecule has 35 heavy (non-hydrogen) atoms. The Morgan fingerprint density at radius 2 is 0.829 bits per heavy atom. The van der Waals surface area contributed by atoms with E-state index in [1.54, 1.807) is 36.4 Å². The van der Waals surface area contributed by atoms with E-state index in [1.165, 1.54) is 24.6 Å². The molecular weight excluding hydrogens is 488 g/mol. The van der Waals surface area contributed by atoms with E-state index in [0.717, 1.165) is 11.1 Å². The van der Waals surface area contributed by atoms with Gasteiger partial charge in [-0.05, 0) is 11.1 Å². The SMILES string of the molecule is [Cu+2].[O-]c1ccccc1/C=N/N=C(\C(=N/N=C/c1ccccc1[O-])c1ccccc1)c1ccccc1. The zero-order chi connectivity index (χ0) is 23.6. The Bertz CT molecular complexity index is 1260. The van der Waals surface area contributed by atoms with Crippen molar-refractivity contribution in [3.63, 3.8) is 0 Å². The van der Waals surface area contributed by atoms with Crippen LogP contribution in [0.2, 0.25) is 0 Å². The van der Waals surface area contributed by atoms with Crippen LogP contribution < -0.4 is 10.2 Å². The van der Waals surface area contributed by atoms with E-state index in [4.69, 9.17) is 0 Å². The van der Waals surface area contributed by atoms with Gasteiger partial charge in [0.1, 0.15) is 11.4 Å². The maximum Gasteiger partial charge on any atom is 2.00 e. The molecule has 7 heteroatoms. The Kier molecular flexibility index (Phi) is 9.25. The van der Waals surface area contributed by atoms with Crippen LogP contribution in [0.25, 0.3) is 0 Å². The average Bonchev–Trinajstić information content (AvgIpc) is 2.88. The molecule has 0 atom stereocenters. The van der Waals surface area contributed by atoms with Crippen molar-refractivity contribution in [2.45, 2.75) is 0 Å². The Morgan fingerprint density at radius 1 is 0.486 bits per heavy atom. The molecule has 0 saturated carbocycles. The molecular formula is C28H20CuN4O2. The molecule has 0 amide bonds. The summed E-state index contributed by atoms with van der Waals surface area (Å²) >= 11 is 0. The van der Waals surface area contributed by atoms with Crippen LogP contribution in [0.15, 0.2) is 130 Å². The Labute approximate surface area is 214 Å². The maximum atomic E-state index is 12.0. The molecule has 0 saturated heterocycles. The van der Waals surface area contributed by atoms with Crippen LogP contribution in [0, 0.1) is 0 Å². The first-order valence-corrected chi connectivity index (χ1v) is 10.6. The first-order valence-electron chi connectivity index (χ1n) is 10.6. The molecule has 0 spiro atoms. The molecule has 0 aliphatic rings. The minimum absolute atomic E-state index is 0. The summed E-state index contributed by atoms with van der Waals surface area (Å²) in [7, 11) is 0. The summed E-state index contributed by atoms with van der Waals surface area (Å²) in [6, 6.07) is 32.1. The van der Waals surface area contributed by atoms with Crippen LogP contribution in [0.5, 0.6) is 11.5 Å². The van der Waals surface area contributed by atoms with Crippen molar-refractivity contribution in [2.75, 3.05) is 0 Å². The van der Waals surface area contributed by atoms with E-state index >= 15 is 0 Å². The number of nitrogens with zero attached hydrogens (tertiary/aromatic N) is 4. The molecule has 0 aliphatic heterocycles. The molecule has 4 rings (SSSR count). The van der Waals surface area contributed by atoms with Crippen molar-refractivity contribution in [3.05, 3.63) is 131 Å². The summed E-state index contributed by atoms with van der Waals surface area (Å²) in [6.45, 7) is 0. The monoisotopic (exact) mass is 507 g/mol. The van der Waals surface area contributed by atoms with E-state index < -0.39 is 0 Å². The van der Waals surface area contributed by atoms with Gasteiger partial charge < -0.3 is 10.2 Å². The first kappa shape index (κ1) is 25.3. The van der Waals surface area contributed by atoms with Crippen LogP contribution in [-0.4, -0.2) is 23.9 Å². The molecule has 1 radical (unpaired) electrons. The molecule has 0 heterocycles. The minimum Gasteiger partial charge on any atom is -0.872 e. The molecule has 0 fully saturated rings. The van der Waals surface area contributed by atoms with Crippen molar-refractivity contribution in [3.8, 4) is 11.5 Å². The van der Waals surface area contributed by atoms with Gasteiger partial charge in [0, 0.05) is 11.1 Å². The predicted octanol–water partition coefficient (Wildman–Crippen LogP) is 4.18. The van der Waals surface area contributed by atoms with Crippen molar-refractivity contribution in [2.24, 2.45) is 20.4 Å². The van der Waals surface area contributed by atoms with Gasteiger partial charge in [0.05, 0.1) is 12.4 Å². The zero-order valence-electron chi connectivity index (χ0n) is 18.5. The van der Waals surface area contributed by atoms with Gasteiger partial charge in [-0.3, -0.25) is 0 Å². The fourth-order valence-corrected chi connectivity index (χ4v) is 3.15. The van der Waals surface area contributed by atoms with E-state index in [2.05, 4.69) is 20.4 Å². The second-order valence-electron chi connectivity index (χ2n) is 7.19. The molecule has 0 bridgehead atoms. The van der Waals surface area contributed by atoms with Gasteiger partial charge in [-0.1, -0.05) is 121 Å². The largest absolute Gasteiger partial charge is 2.00 e. The fourth-order valence-electron chi connectivity index (χ4n) is 3.15. The third kappa shape index (κ3) is 6.83. The van der Waals surface area contributed by atoms with Crippen LogP contribution in [0.4, 0.5) is 0 Å². The van der Waals surface area contributed by atoms with Gasteiger partial charge in [-0.15, -0.1) is 10.2 Å². The van der Waals surface area contributed by atoms with E-state index in [0.29, 0.717) is 22.6 Å². The Balaban J connectivity index is 0.00000342. The molecule has 4 aromatic carbocycles. The third-order valence-corrected chi connectivity index (χ3v) is 4.87. The zero-order valence-corrected chi connectivity index (χ0v) is 19.4. The van der Waals surface area contributed by atoms with Crippen LogP contribution in [0.1, 0.15) is 22.3 Å². The minimum atomic E-state index is -0.138. The predicted molar refractivity (Wildman–Crippen MR) is 133 cm³/mol. The van der Waals surface area contributed by atoms with E-state index in [9.17, 15) is 10.2 Å². The van der Waals surface area contributed by atoms with Gasteiger partial charge in [-0.25, -0.2) is 0 Å². The van der Waals surface area contributed by atoms with E-state index in [-0.39, 0.29) is 28.6 Å². The topological polar surface area (TPSA) is 95.6 Å². The van der Waals surface area contributed by atoms with Crippen molar-refractivity contribution in [1.82, 2.24) is 0 Å². The molecule has 0 aromatic heterocycles. The summed E-state index contributed by atoms with van der Waals surface area (Å²) < 4.78 is 0. The fraction of sp³-hybridized carbons (Fsp3) is 0. The van der Waals surface area contributed by atoms with Crippen molar-refractivity contribution in [1.29, 1.82) is 0 Å². The Hall–Kier alpha value is -4.32. The number of rotatable bonds is 7. The number of benzene rings is 4. The van der Waals surface area contributed by atoms with Crippen molar-refractivity contribution < 1.29 is 27.3 Å². The summed E-state index contributed by atoms with van der Waals surface area (Å²) in [4.78, 5) is 0. The summed E-state index contributed by atoms with van der Waals surface area (Å²) in [5.41, 5.74) is 3.36. The van der Waals surface area contributed by atoms with Gasteiger partial charge in [0.15, 0.2) is 0 Å².